The summed E-state index contributed by atoms with van der Waals surface area (Å²) in [4.78, 5) is 16.5. The molecule has 0 radical (unpaired) electrons. The predicted molar refractivity (Wildman–Crippen MR) is 115 cm³/mol. The molecule has 0 aliphatic heterocycles. The molecule has 0 spiro atoms. The Morgan fingerprint density at radius 3 is 2.48 bits per heavy atom. The first-order valence-electron chi connectivity index (χ1n) is 9.39. The maximum atomic E-state index is 14.2. The van der Waals surface area contributed by atoms with Crippen molar-refractivity contribution in [1.29, 1.82) is 0 Å². The second-order valence-electron chi connectivity index (χ2n) is 6.73. The van der Waals surface area contributed by atoms with Gasteiger partial charge in [-0.3, -0.25) is 9.78 Å². The molecule has 1 heterocycles. The summed E-state index contributed by atoms with van der Waals surface area (Å²) in [5.41, 5.74) is 3.86. The minimum atomic E-state index is -4.06. The van der Waals surface area contributed by atoms with Gasteiger partial charge in [0.15, 0.2) is 0 Å². The fourth-order valence-electron chi connectivity index (χ4n) is 2.72. The van der Waals surface area contributed by atoms with E-state index in [-0.39, 0.29) is 17.0 Å². The maximum absolute atomic E-state index is 14.2. The highest BCUT2D eigenvalue weighted by atomic mass is 32.2. The highest BCUT2D eigenvalue weighted by Gasteiger charge is 2.27. The van der Waals surface area contributed by atoms with Crippen LogP contribution in [0.4, 0.5) is 4.39 Å². The zero-order chi connectivity index (χ0) is 22.3. The molecule has 0 saturated heterocycles. The van der Waals surface area contributed by atoms with Gasteiger partial charge in [0.2, 0.25) is 10.0 Å². The van der Waals surface area contributed by atoms with Crippen molar-refractivity contribution in [3.63, 3.8) is 0 Å². The molecule has 0 bridgehead atoms. The number of carbonyl (C=O) groups is 1. The van der Waals surface area contributed by atoms with Gasteiger partial charge in [0, 0.05) is 18.3 Å². The molecule has 1 amide bonds. The third-order valence-corrected chi connectivity index (χ3v) is 6.16. The number of amides is 1. The van der Waals surface area contributed by atoms with Gasteiger partial charge in [-0.1, -0.05) is 42.0 Å². The van der Waals surface area contributed by atoms with Crippen LogP contribution in [0.5, 0.6) is 0 Å². The number of nitrogens with one attached hydrogen (secondary N) is 1. The summed E-state index contributed by atoms with van der Waals surface area (Å²) in [6, 6.07) is 17.3. The Hall–Kier alpha value is -3.43. The first-order chi connectivity index (χ1) is 14.9. The van der Waals surface area contributed by atoms with E-state index in [1.165, 1.54) is 36.5 Å². The fraction of sp³-hybridized carbons (Fsp3) is 0.136. The molecule has 0 saturated carbocycles. The summed E-state index contributed by atoms with van der Waals surface area (Å²) in [7, 11) is -4.06. The third kappa shape index (κ3) is 6.03. The van der Waals surface area contributed by atoms with E-state index in [0.717, 1.165) is 9.87 Å². The lowest BCUT2D eigenvalue weighted by atomic mass is 10.2. The number of hydrogen-bond acceptors (Lipinski definition) is 5. The minimum absolute atomic E-state index is 0.0132. The Kier molecular flexibility index (Phi) is 7.22. The van der Waals surface area contributed by atoms with Crippen LogP contribution < -0.4 is 5.43 Å². The number of benzene rings is 2. The highest BCUT2D eigenvalue weighted by Crippen LogP contribution is 2.20. The molecule has 3 aromatic rings. The van der Waals surface area contributed by atoms with Crippen LogP contribution in [0.3, 0.4) is 0 Å². The molecule has 0 atom stereocenters. The van der Waals surface area contributed by atoms with E-state index < -0.39 is 28.3 Å². The van der Waals surface area contributed by atoms with Crippen LogP contribution >= 0.6 is 0 Å². The van der Waals surface area contributed by atoms with E-state index in [0.29, 0.717) is 5.69 Å². The highest BCUT2D eigenvalue weighted by molar-refractivity contribution is 7.89. The van der Waals surface area contributed by atoms with Crippen molar-refractivity contribution >= 4 is 22.1 Å². The number of halogens is 1. The number of carbonyl (C=O) groups excluding carboxylic acids is 1. The average molecular weight is 441 g/mol. The van der Waals surface area contributed by atoms with E-state index in [2.05, 4.69) is 15.5 Å². The number of hydrazone groups is 1. The van der Waals surface area contributed by atoms with Crippen LogP contribution in [-0.2, 0) is 21.4 Å². The van der Waals surface area contributed by atoms with Crippen molar-refractivity contribution in [3.8, 4) is 0 Å². The van der Waals surface area contributed by atoms with Crippen molar-refractivity contribution < 1.29 is 17.6 Å². The Morgan fingerprint density at radius 2 is 1.81 bits per heavy atom. The van der Waals surface area contributed by atoms with E-state index in [1.54, 1.807) is 42.6 Å². The summed E-state index contributed by atoms with van der Waals surface area (Å²) >= 11 is 0. The first kappa shape index (κ1) is 22.3. The molecule has 3 rings (SSSR count). The Labute approximate surface area is 180 Å². The molecule has 7 nitrogen and oxygen atoms in total. The van der Waals surface area contributed by atoms with Gasteiger partial charge in [-0.15, -0.1) is 0 Å². The Balaban J connectivity index is 1.81. The van der Waals surface area contributed by atoms with Crippen molar-refractivity contribution in [3.05, 3.63) is 95.6 Å². The number of sulfonamides is 1. The van der Waals surface area contributed by atoms with Gasteiger partial charge in [0.25, 0.3) is 5.91 Å². The molecule has 2 aromatic carbocycles. The molecular formula is C22H21FN4O3S. The maximum Gasteiger partial charge on any atom is 0.255 e. The van der Waals surface area contributed by atoms with Gasteiger partial charge in [-0.2, -0.15) is 9.41 Å². The van der Waals surface area contributed by atoms with Crippen molar-refractivity contribution in [1.82, 2.24) is 14.7 Å². The smallest absolute Gasteiger partial charge is 0.255 e. The quantitative estimate of drug-likeness (QED) is 0.431. The third-order valence-electron chi connectivity index (χ3n) is 4.36. The van der Waals surface area contributed by atoms with Gasteiger partial charge in [-0.05, 0) is 37.3 Å². The lowest BCUT2D eigenvalue weighted by molar-refractivity contribution is -0.121. The molecule has 31 heavy (non-hydrogen) atoms. The summed E-state index contributed by atoms with van der Waals surface area (Å²) in [5.74, 6) is -1.22. The van der Waals surface area contributed by atoms with Crippen LogP contribution in [0.25, 0.3) is 0 Å². The Bertz CT molecular complexity index is 1170. The average Bonchev–Trinajstić information content (AvgIpc) is 2.76. The van der Waals surface area contributed by atoms with Crippen LogP contribution in [0.2, 0.25) is 0 Å². The topological polar surface area (TPSA) is 91.7 Å². The molecule has 0 aliphatic carbocycles. The largest absolute Gasteiger partial charge is 0.272 e. The summed E-state index contributed by atoms with van der Waals surface area (Å²) in [6.07, 6.45) is 2.92. The predicted octanol–water partition coefficient (Wildman–Crippen LogP) is 2.87. The summed E-state index contributed by atoms with van der Waals surface area (Å²) in [5, 5.41) is 3.80. The van der Waals surface area contributed by atoms with Crippen LogP contribution in [0.1, 0.15) is 16.8 Å². The van der Waals surface area contributed by atoms with Gasteiger partial charge < -0.3 is 0 Å². The number of nitrogens with zero attached hydrogens (tertiary/aromatic N) is 3. The van der Waals surface area contributed by atoms with Crippen LogP contribution in [0, 0.1) is 12.7 Å². The lowest BCUT2D eigenvalue weighted by Crippen LogP contribution is -2.39. The zero-order valence-electron chi connectivity index (χ0n) is 16.8. The second kappa shape index (κ2) is 10.1. The van der Waals surface area contributed by atoms with E-state index in [1.807, 2.05) is 6.92 Å². The van der Waals surface area contributed by atoms with Crippen molar-refractivity contribution in [2.75, 3.05) is 6.54 Å². The first-order valence-corrected chi connectivity index (χ1v) is 10.8. The lowest BCUT2D eigenvalue weighted by Gasteiger charge is -2.22. The normalized spacial score (nSPS) is 11.7. The van der Waals surface area contributed by atoms with Gasteiger partial charge in [0.1, 0.15) is 5.82 Å². The molecule has 0 fully saturated rings. The number of rotatable bonds is 8. The minimum Gasteiger partial charge on any atom is -0.272 e. The SMILES string of the molecule is Cc1ccc(S(=O)(=O)N(CC(=O)NN=Cc2ccccn2)Cc2ccccc2F)cc1. The molecule has 9 heteroatoms. The molecule has 1 aromatic heterocycles. The van der Waals surface area contributed by atoms with Gasteiger partial charge in [-0.25, -0.2) is 18.2 Å². The van der Waals surface area contributed by atoms with Crippen molar-refractivity contribution in [2.24, 2.45) is 5.10 Å². The zero-order valence-corrected chi connectivity index (χ0v) is 17.6. The number of pyridine rings is 1. The molecular weight excluding hydrogens is 419 g/mol. The van der Waals surface area contributed by atoms with E-state index in [4.69, 9.17) is 0 Å². The van der Waals surface area contributed by atoms with E-state index in [9.17, 15) is 17.6 Å². The monoisotopic (exact) mass is 440 g/mol. The molecule has 0 unspecified atom stereocenters. The van der Waals surface area contributed by atoms with Gasteiger partial charge >= 0.3 is 0 Å². The molecule has 1 N–H and O–H groups in total. The van der Waals surface area contributed by atoms with Crippen LogP contribution in [-0.4, -0.2) is 36.4 Å². The van der Waals surface area contributed by atoms with Crippen molar-refractivity contribution in [2.45, 2.75) is 18.4 Å². The number of aromatic nitrogens is 1. The van der Waals surface area contributed by atoms with Gasteiger partial charge in [0.05, 0.1) is 23.3 Å². The number of aryl methyl sites for hydroxylation is 1. The second-order valence-corrected chi connectivity index (χ2v) is 8.66. The summed E-state index contributed by atoms with van der Waals surface area (Å²) in [6.45, 7) is 0.991. The number of hydrogen-bond donors (Lipinski definition) is 1. The van der Waals surface area contributed by atoms with Crippen LogP contribution in [0.15, 0.2) is 82.9 Å². The van der Waals surface area contributed by atoms with E-state index >= 15 is 0 Å². The Morgan fingerprint density at radius 1 is 1.10 bits per heavy atom. The molecule has 0 aliphatic rings. The fourth-order valence-corrected chi connectivity index (χ4v) is 4.09. The standard InChI is InChI=1S/C22H21FN4O3S/c1-17-9-11-20(12-10-17)31(29,30)27(15-18-6-2-3-8-21(18)23)16-22(28)26-25-14-19-7-4-5-13-24-19/h2-14H,15-16H2,1H3,(H,26,28). The molecule has 160 valence electrons. The summed E-state index contributed by atoms with van der Waals surface area (Å²) < 4.78 is 41.4.